The van der Waals surface area contributed by atoms with Crippen LogP contribution in [0.5, 0.6) is 0 Å². The molecule has 1 heterocycles. The Morgan fingerprint density at radius 1 is 1.44 bits per heavy atom. The molecule has 2 amide bonds. The number of carboxylic acids is 1. The van der Waals surface area contributed by atoms with Crippen LogP contribution in [0.2, 0.25) is 0 Å². The number of nitrogens with two attached hydrogens (primary N) is 1. The molecule has 4 N–H and O–H groups in total. The fourth-order valence-corrected chi connectivity index (χ4v) is 1.54. The molecule has 7 nitrogen and oxygen atoms in total. The molecule has 0 radical (unpaired) electrons. The number of carbonyl (C=O) groups is 3. The molecule has 0 aromatic carbocycles. The smallest absolute Gasteiger partial charge is 0.326 e. The second-order valence-corrected chi connectivity index (χ2v) is 4.34. The van der Waals surface area contributed by atoms with E-state index < -0.39 is 30.2 Å². The number of halogens is 1. The van der Waals surface area contributed by atoms with E-state index in [2.05, 4.69) is 26.2 Å². The van der Waals surface area contributed by atoms with Crippen LogP contribution in [-0.4, -0.2) is 33.9 Å². The zero-order chi connectivity index (χ0) is 13.7. The molecule has 0 fully saturated rings. The van der Waals surface area contributed by atoms with E-state index in [-0.39, 0.29) is 5.56 Å². The molecule has 0 aliphatic rings. The summed E-state index contributed by atoms with van der Waals surface area (Å²) < 4.78 is 0.580. The maximum Gasteiger partial charge on any atom is 0.326 e. The zero-order valence-corrected chi connectivity index (χ0v) is 10.7. The van der Waals surface area contributed by atoms with Gasteiger partial charge >= 0.3 is 5.97 Å². The lowest BCUT2D eigenvalue weighted by Gasteiger charge is -2.12. The van der Waals surface area contributed by atoms with Crippen LogP contribution in [0, 0.1) is 0 Å². The summed E-state index contributed by atoms with van der Waals surface area (Å²) in [5.41, 5.74) is 5.08. The second kappa shape index (κ2) is 6.10. The fraction of sp³-hybridized carbons (Fsp3) is 0.200. The van der Waals surface area contributed by atoms with E-state index in [0.717, 1.165) is 0 Å². The maximum atomic E-state index is 11.7. The lowest BCUT2D eigenvalue weighted by atomic mass is 10.2. The standard InChI is InChI=1S/C10H10BrN3O4/c11-6-1-5(3-13-4-6)9(16)14-7(10(17)18)2-8(12)15/h1,3-4,7H,2H2,(H2,12,15)(H,14,16)(H,17,18)/t7-/m0/s1. The lowest BCUT2D eigenvalue weighted by molar-refractivity contribution is -0.140. The number of aromatic nitrogens is 1. The van der Waals surface area contributed by atoms with Crippen LogP contribution in [0.3, 0.4) is 0 Å². The highest BCUT2D eigenvalue weighted by molar-refractivity contribution is 9.10. The second-order valence-electron chi connectivity index (χ2n) is 3.43. The lowest BCUT2D eigenvalue weighted by Crippen LogP contribution is -2.43. The number of nitrogens with one attached hydrogen (secondary N) is 1. The van der Waals surface area contributed by atoms with Crippen molar-refractivity contribution in [1.82, 2.24) is 10.3 Å². The molecule has 1 aromatic heterocycles. The van der Waals surface area contributed by atoms with Gasteiger partial charge in [0.05, 0.1) is 12.0 Å². The number of aliphatic carboxylic acids is 1. The van der Waals surface area contributed by atoms with Crippen molar-refractivity contribution in [2.24, 2.45) is 5.73 Å². The highest BCUT2D eigenvalue weighted by Crippen LogP contribution is 2.09. The molecule has 8 heteroatoms. The summed E-state index contributed by atoms with van der Waals surface area (Å²) in [6, 6.07) is 0.125. The summed E-state index contributed by atoms with van der Waals surface area (Å²) in [5, 5.41) is 11.0. The monoisotopic (exact) mass is 315 g/mol. The predicted octanol–water partition coefficient (Wildman–Crippen LogP) is -0.0975. The largest absolute Gasteiger partial charge is 0.480 e. The Balaban J connectivity index is 2.78. The van der Waals surface area contributed by atoms with Crippen LogP contribution >= 0.6 is 15.9 Å². The van der Waals surface area contributed by atoms with E-state index in [1.54, 1.807) is 0 Å². The summed E-state index contributed by atoms with van der Waals surface area (Å²) in [4.78, 5) is 37.0. The van der Waals surface area contributed by atoms with Gasteiger partial charge in [0, 0.05) is 16.9 Å². The van der Waals surface area contributed by atoms with Gasteiger partial charge in [0.25, 0.3) is 5.91 Å². The average molecular weight is 316 g/mol. The number of amides is 2. The molecule has 1 rings (SSSR count). The normalized spacial score (nSPS) is 11.6. The van der Waals surface area contributed by atoms with Crippen LogP contribution in [0.1, 0.15) is 16.8 Å². The number of rotatable bonds is 5. The number of carboxylic acid groups (broad SMARTS) is 1. The van der Waals surface area contributed by atoms with Crippen molar-refractivity contribution in [3.05, 3.63) is 28.5 Å². The van der Waals surface area contributed by atoms with Crippen LogP contribution in [-0.2, 0) is 9.59 Å². The van der Waals surface area contributed by atoms with Crippen molar-refractivity contribution in [3.8, 4) is 0 Å². The molecule has 0 spiro atoms. The van der Waals surface area contributed by atoms with Gasteiger partial charge < -0.3 is 16.2 Å². The van der Waals surface area contributed by atoms with Crippen LogP contribution in [0.15, 0.2) is 22.9 Å². The van der Waals surface area contributed by atoms with E-state index in [0.29, 0.717) is 4.47 Å². The molecule has 0 bridgehead atoms. The van der Waals surface area contributed by atoms with Gasteiger partial charge in [0.15, 0.2) is 0 Å². The topological polar surface area (TPSA) is 122 Å². The van der Waals surface area contributed by atoms with Crippen molar-refractivity contribution in [3.63, 3.8) is 0 Å². The van der Waals surface area contributed by atoms with Gasteiger partial charge in [0.1, 0.15) is 6.04 Å². The van der Waals surface area contributed by atoms with Gasteiger partial charge in [-0.1, -0.05) is 0 Å². The fourth-order valence-electron chi connectivity index (χ4n) is 1.18. The first-order valence-electron chi connectivity index (χ1n) is 4.82. The highest BCUT2D eigenvalue weighted by Gasteiger charge is 2.22. The predicted molar refractivity (Wildman–Crippen MR) is 64.6 cm³/mol. The van der Waals surface area contributed by atoms with E-state index >= 15 is 0 Å². The number of nitrogens with zero attached hydrogens (tertiary/aromatic N) is 1. The Labute approximate surface area is 111 Å². The van der Waals surface area contributed by atoms with Crippen molar-refractivity contribution in [2.75, 3.05) is 0 Å². The van der Waals surface area contributed by atoms with Crippen molar-refractivity contribution < 1.29 is 19.5 Å². The third-order valence-electron chi connectivity index (χ3n) is 1.98. The minimum atomic E-state index is -1.35. The summed E-state index contributed by atoms with van der Waals surface area (Å²) >= 11 is 3.13. The third-order valence-corrected chi connectivity index (χ3v) is 2.41. The zero-order valence-electron chi connectivity index (χ0n) is 9.09. The third kappa shape index (κ3) is 4.13. The Hall–Kier alpha value is -1.96. The SMILES string of the molecule is NC(=O)C[C@H](NC(=O)c1cncc(Br)c1)C(=O)O. The molecule has 0 saturated carbocycles. The van der Waals surface area contributed by atoms with Gasteiger partial charge in [-0.25, -0.2) is 4.79 Å². The molecule has 1 atom stereocenters. The van der Waals surface area contributed by atoms with Gasteiger partial charge in [-0.3, -0.25) is 14.6 Å². The minimum Gasteiger partial charge on any atom is -0.480 e. The number of carbonyl (C=O) groups excluding carboxylic acids is 2. The van der Waals surface area contributed by atoms with Gasteiger partial charge in [-0.05, 0) is 22.0 Å². The minimum absolute atomic E-state index is 0.181. The van der Waals surface area contributed by atoms with Gasteiger partial charge in [0.2, 0.25) is 5.91 Å². The molecule has 18 heavy (non-hydrogen) atoms. The first-order valence-corrected chi connectivity index (χ1v) is 5.62. The van der Waals surface area contributed by atoms with Gasteiger partial charge in [-0.15, -0.1) is 0 Å². The van der Waals surface area contributed by atoms with E-state index in [4.69, 9.17) is 10.8 Å². The molecular formula is C10H10BrN3O4. The average Bonchev–Trinajstić information content (AvgIpc) is 2.27. The van der Waals surface area contributed by atoms with Crippen molar-refractivity contribution in [2.45, 2.75) is 12.5 Å². The molecule has 0 aliphatic heterocycles. The number of hydrogen-bond acceptors (Lipinski definition) is 4. The quantitative estimate of drug-likeness (QED) is 0.700. The highest BCUT2D eigenvalue weighted by atomic mass is 79.9. The Bertz CT molecular complexity index is 492. The first-order chi connectivity index (χ1) is 8.40. The van der Waals surface area contributed by atoms with Gasteiger partial charge in [-0.2, -0.15) is 0 Å². The van der Waals surface area contributed by atoms with Crippen LogP contribution in [0.25, 0.3) is 0 Å². The summed E-state index contributed by atoms with van der Waals surface area (Å²) in [7, 11) is 0. The number of primary amides is 1. The van der Waals surface area contributed by atoms with Crippen molar-refractivity contribution in [1.29, 1.82) is 0 Å². The van der Waals surface area contributed by atoms with E-state index in [1.165, 1.54) is 18.5 Å². The molecule has 0 saturated heterocycles. The summed E-state index contributed by atoms with van der Waals surface area (Å²) in [6.07, 6.45) is 2.29. The number of pyridine rings is 1. The number of hydrogen-bond donors (Lipinski definition) is 3. The molecule has 0 unspecified atom stereocenters. The maximum absolute atomic E-state index is 11.7. The molecular weight excluding hydrogens is 306 g/mol. The Morgan fingerprint density at radius 2 is 2.11 bits per heavy atom. The van der Waals surface area contributed by atoms with E-state index in [9.17, 15) is 14.4 Å². The molecule has 0 aliphatic carbocycles. The summed E-state index contributed by atoms with van der Waals surface area (Å²) in [6.45, 7) is 0. The Morgan fingerprint density at radius 3 is 2.61 bits per heavy atom. The molecule has 96 valence electrons. The van der Waals surface area contributed by atoms with E-state index in [1.807, 2.05) is 0 Å². The molecule has 1 aromatic rings. The van der Waals surface area contributed by atoms with Crippen LogP contribution < -0.4 is 11.1 Å². The Kier molecular flexibility index (Phi) is 4.78. The first kappa shape index (κ1) is 14.1. The van der Waals surface area contributed by atoms with Crippen LogP contribution in [0.4, 0.5) is 0 Å². The summed E-state index contributed by atoms with van der Waals surface area (Å²) in [5.74, 6) is -2.78. The van der Waals surface area contributed by atoms with Crippen molar-refractivity contribution >= 4 is 33.7 Å².